The molecule has 4 nitrogen and oxygen atoms in total. The van der Waals surface area contributed by atoms with E-state index in [0.717, 1.165) is 24.9 Å². The second-order valence-electron chi connectivity index (χ2n) is 5.94. The summed E-state index contributed by atoms with van der Waals surface area (Å²) in [4.78, 5) is 0.358. The van der Waals surface area contributed by atoms with Gasteiger partial charge < -0.3 is 5.32 Å². The number of rotatable bonds is 7. The zero-order chi connectivity index (χ0) is 14.8. The van der Waals surface area contributed by atoms with Crippen molar-refractivity contribution in [3.05, 3.63) is 29.8 Å². The van der Waals surface area contributed by atoms with E-state index < -0.39 is 10.0 Å². The summed E-state index contributed by atoms with van der Waals surface area (Å²) in [6, 6.07) is 7.77. The summed E-state index contributed by atoms with van der Waals surface area (Å²) < 4.78 is 27.0. The first-order valence-corrected chi connectivity index (χ1v) is 8.71. The van der Waals surface area contributed by atoms with E-state index in [4.69, 9.17) is 0 Å². The maximum absolute atomic E-state index is 12.1. The third kappa shape index (κ3) is 4.30. The monoisotopic (exact) mass is 296 g/mol. The van der Waals surface area contributed by atoms with Crippen LogP contribution in [0.25, 0.3) is 0 Å². The van der Waals surface area contributed by atoms with E-state index in [1.807, 2.05) is 12.1 Å². The minimum Gasteiger partial charge on any atom is -0.314 e. The van der Waals surface area contributed by atoms with Gasteiger partial charge in [-0.05, 0) is 43.0 Å². The highest BCUT2D eigenvalue weighted by Gasteiger charge is 2.36. The molecule has 5 heteroatoms. The van der Waals surface area contributed by atoms with Gasteiger partial charge in [0.25, 0.3) is 0 Å². The molecule has 0 heterocycles. The number of nitrogens with one attached hydrogen (secondary N) is 2. The lowest BCUT2D eigenvalue weighted by molar-refractivity contribution is 0.578. The van der Waals surface area contributed by atoms with Crippen LogP contribution in [0.15, 0.2) is 29.2 Å². The van der Waals surface area contributed by atoms with Crippen LogP contribution in [0.4, 0.5) is 0 Å². The van der Waals surface area contributed by atoms with Crippen molar-refractivity contribution in [3.8, 4) is 0 Å². The van der Waals surface area contributed by atoms with Crippen molar-refractivity contribution in [3.63, 3.8) is 0 Å². The van der Waals surface area contributed by atoms with Gasteiger partial charge in [0.15, 0.2) is 0 Å². The van der Waals surface area contributed by atoms with Crippen molar-refractivity contribution in [2.24, 2.45) is 5.92 Å². The van der Waals surface area contributed by atoms with E-state index in [0.29, 0.717) is 16.9 Å². The summed E-state index contributed by atoms with van der Waals surface area (Å²) in [5.41, 5.74) is 1.15. The Bertz CT molecular complexity index is 537. The van der Waals surface area contributed by atoms with Crippen molar-refractivity contribution in [1.82, 2.24) is 10.0 Å². The largest absolute Gasteiger partial charge is 0.314 e. The lowest BCUT2D eigenvalue weighted by Gasteiger charge is -2.09. The van der Waals surface area contributed by atoms with Crippen LogP contribution in [0.5, 0.6) is 0 Å². The highest BCUT2D eigenvalue weighted by molar-refractivity contribution is 7.89. The number of sulfonamides is 1. The molecule has 0 radical (unpaired) electrons. The van der Waals surface area contributed by atoms with Gasteiger partial charge in [-0.2, -0.15) is 0 Å². The van der Waals surface area contributed by atoms with Gasteiger partial charge in [-0.3, -0.25) is 0 Å². The lowest BCUT2D eigenvalue weighted by Crippen LogP contribution is -2.27. The molecule has 20 heavy (non-hydrogen) atoms. The zero-order valence-electron chi connectivity index (χ0n) is 12.4. The molecule has 2 N–H and O–H groups in total. The molecule has 2 unspecified atom stereocenters. The normalized spacial score (nSPS) is 22.2. The third-order valence-corrected chi connectivity index (χ3v) is 5.12. The van der Waals surface area contributed by atoms with Crippen LogP contribution in [0.2, 0.25) is 0 Å². The van der Waals surface area contributed by atoms with Crippen LogP contribution in [0.3, 0.4) is 0 Å². The predicted molar refractivity (Wildman–Crippen MR) is 81.2 cm³/mol. The first kappa shape index (κ1) is 15.5. The highest BCUT2D eigenvalue weighted by atomic mass is 32.2. The summed E-state index contributed by atoms with van der Waals surface area (Å²) in [6.07, 6.45) is 1.85. The van der Waals surface area contributed by atoms with Crippen LogP contribution in [-0.2, 0) is 16.4 Å². The molecule has 1 aromatic rings. The van der Waals surface area contributed by atoms with Crippen LogP contribution < -0.4 is 10.0 Å². The lowest BCUT2D eigenvalue weighted by atomic mass is 10.1. The maximum Gasteiger partial charge on any atom is 0.240 e. The van der Waals surface area contributed by atoms with Crippen LogP contribution in [0.1, 0.15) is 32.8 Å². The third-order valence-electron chi connectivity index (χ3n) is 3.62. The van der Waals surface area contributed by atoms with Gasteiger partial charge in [0.1, 0.15) is 0 Å². The van der Waals surface area contributed by atoms with Gasteiger partial charge in [0, 0.05) is 12.1 Å². The molecule has 1 saturated carbocycles. The van der Waals surface area contributed by atoms with E-state index in [1.54, 1.807) is 12.1 Å². The Morgan fingerprint density at radius 2 is 1.85 bits per heavy atom. The Hall–Kier alpha value is -0.910. The molecule has 1 aliphatic carbocycles. The fourth-order valence-electron chi connectivity index (χ4n) is 2.09. The molecule has 2 atom stereocenters. The Kier molecular flexibility index (Phi) is 4.83. The summed E-state index contributed by atoms with van der Waals surface area (Å²) in [5.74, 6) is 0.464. The Balaban J connectivity index is 1.93. The maximum atomic E-state index is 12.1. The number of hydrogen-bond acceptors (Lipinski definition) is 3. The van der Waals surface area contributed by atoms with E-state index in [2.05, 4.69) is 30.8 Å². The molecule has 0 amide bonds. The molecule has 112 valence electrons. The van der Waals surface area contributed by atoms with Crippen LogP contribution >= 0.6 is 0 Å². The molecular weight excluding hydrogens is 272 g/mol. The zero-order valence-corrected chi connectivity index (χ0v) is 13.2. The molecule has 0 saturated heterocycles. The van der Waals surface area contributed by atoms with Gasteiger partial charge >= 0.3 is 0 Å². The first-order chi connectivity index (χ1) is 9.38. The highest BCUT2D eigenvalue weighted by Crippen LogP contribution is 2.30. The average molecular weight is 296 g/mol. The molecule has 0 aliphatic heterocycles. The number of benzene rings is 1. The summed E-state index contributed by atoms with van der Waals surface area (Å²) in [6.45, 7) is 7.18. The molecule has 1 aliphatic rings. The average Bonchev–Trinajstić information content (AvgIpc) is 3.04. The summed E-state index contributed by atoms with van der Waals surface area (Å²) in [7, 11) is -3.35. The molecule has 1 aromatic carbocycles. The second-order valence-corrected chi connectivity index (χ2v) is 7.66. The fourth-order valence-corrected chi connectivity index (χ4v) is 3.45. The Morgan fingerprint density at radius 1 is 1.25 bits per heavy atom. The standard InChI is InChI=1S/C15H24N2O2S/c1-11(2)16-9-8-13-4-6-14(7-5-13)20(18,19)17-15-10-12(15)3/h4-7,11-12,15-17H,8-10H2,1-3H3. The Labute approximate surface area is 122 Å². The van der Waals surface area contributed by atoms with Crippen molar-refractivity contribution in [2.45, 2.75) is 50.6 Å². The van der Waals surface area contributed by atoms with E-state index in [1.165, 1.54) is 0 Å². The molecular formula is C15H24N2O2S. The van der Waals surface area contributed by atoms with Gasteiger partial charge in [-0.25, -0.2) is 13.1 Å². The van der Waals surface area contributed by atoms with Gasteiger partial charge in [0.05, 0.1) is 4.90 Å². The van der Waals surface area contributed by atoms with Gasteiger partial charge in [-0.15, -0.1) is 0 Å². The summed E-state index contributed by atoms with van der Waals surface area (Å²) in [5, 5.41) is 3.35. The van der Waals surface area contributed by atoms with Crippen molar-refractivity contribution in [2.75, 3.05) is 6.54 Å². The Morgan fingerprint density at radius 3 is 2.35 bits per heavy atom. The van der Waals surface area contributed by atoms with Crippen molar-refractivity contribution in [1.29, 1.82) is 0 Å². The van der Waals surface area contributed by atoms with Crippen LogP contribution in [0, 0.1) is 5.92 Å². The van der Waals surface area contributed by atoms with E-state index in [9.17, 15) is 8.42 Å². The minimum absolute atomic E-state index is 0.120. The van der Waals surface area contributed by atoms with Crippen molar-refractivity contribution >= 4 is 10.0 Å². The van der Waals surface area contributed by atoms with E-state index in [-0.39, 0.29) is 6.04 Å². The number of hydrogen-bond donors (Lipinski definition) is 2. The molecule has 0 aromatic heterocycles. The molecule has 0 bridgehead atoms. The van der Waals surface area contributed by atoms with E-state index >= 15 is 0 Å². The van der Waals surface area contributed by atoms with Gasteiger partial charge in [0.2, 0.25) is 10.0 Å². The molecule has 1 fully saturated rings. The summed E-state index contributed by atoms with van der Waals surface area (Å²) >= 11 is 0. The smallest absolute Gasteiger partial charge is 0.240 e. The van der Waals surface area contributed by atoms with Crippen molar-refractivity contribution < 1.29 is 8.42 Å². The second kappa shape index (κ2) is 6.24. The quantitative estimate of drug-likeness (QED) is 0.808. The topological polar surface area (TPSA) is 58.2 Å². The SMILES string of the molecule is CC(C)NCCc1ccc(S(=O)(=O)NC2CC2C)cc1. The molecule has 2 rings (SSSR count). The molecule has 0 spiro atoms. The van der Waals surface area contributed by atoms with Crippen LogP contribution in [-0.4, -0.2) is 27.0 Å². The minimum atomic E-state index is -3.35. The predicted octanol–water partition coefficient (Wildman–Crippen LogP) is 1.91. The van der Waals surface area contributed by atoms with Gasteiger partial charge in [-0.1, -0.05) is 32.9 Å². The first-order valence-electron chi connectivity index (χ1n) is 7.23. The fraction of sp³-hybridized carbons (Fsp3) is 0.600.